The first-order valence-electron chi connectivity index (χ1n) is 6.86. The molecule has 0 spiro atoms. The number of nitrogens with one attached hydrogen (secondary N) is 1. The molecule has 1 rings (SSSR count). The van der Waals surface area contributed by atoms with Gasteiger partial charge in [-0.1, -0.05) is 19.8 Å². The van der Waals surface area contributed by atoms with Crippen LogP contribution in [0.4, 0.5) is 0 Å². The van der Waals surface area contributed by atoms with Gasteiger partial charge in [0.1, 0.15) is 0 Å². The molecule has 0 aromatic rings. The van der Waals surface area contributed by atoms with E-state index in [0.717, 1.165) is 0 Å². The van der Waals surface area contributed by atoms with Gasteiger partial charge in [-0.15, -0.1) is 0 Å². The first kappa shape index (κ1) is 13.0. The predicted octanol–water partition coefficient (Wildman–Crippen LogP) is 2.64. The minimum atomic E-state index is 1.19. The zero-order valence-corrected chi connectivity index (χ0v) is 10.4. The normalized spacial score (nSPS) is 18.2. The maximum atomic E-state index is 3.46. The Kier molecular flexibility index (Phi) is 7.94. The summed E-state index contributed by atoms with van der Waals surface area (Å²) in [5.74, 6) is 0. The predicted molar refractivity (Wildman–Crippen MR) is 67.3 cm³/mol. The summed E-state index contributed by atoms with van der Waals surface area (Å²) >= 11 is 0. The van der Waals surface area contributed by atoms with Crippen LogP contribution in [-0.4, -0.2) is 37.6 Å². The van der Waals surface area contributed by atoms with Crippen LogP contribution < -0.4 is 5.32 Å². The van der Waals surface area contributed by atoms with Gasteiger partial charge in [0.2, 0.25) is 0 Å². The van der Waals surface area contributed by atoms with E-state index in [0.29, 0.717) is 0 Å². The van der Waals surface area contributed by atoms with Crippen molar-refractivity contribution in [1.29, 1.82) is 0 Å². The number of hydrogen-bond donors (Lipinski definition) is 1. The van der Waals surface area contributed by atoms with Gasteiger partial charge in [0, 0.05) is 0 Å². The molecule has 0 aliphatic carbocycles. The monoisotopic (exact) mass is 212 g/mol. The molecule has 0 aromatic heterocycles. The Bertz CT molecular complexity index is 130. The van der Waals surface area contributed by atoms with E-state index in [1.54, 1.807) is 0 Å². The van der Waals surface area contributed by atoms with Crippen molar-refractivity contribution in [2.24, 2.45) is 0 Å². The molecular formula is C13H28N2. The molecule has 0 aromatic carbocycles. The van der Waals surface area contributed by atoms with Gasteiger partial charge < -0.3 is 10.2 Å². The second-order valence-corrected chi connectivity index (χ2v) is 4.71. The molecule has 1 heterocycles. The van der Waals surface area contributed by atoms with Crippen molar-refractivity contribution >= 4 is 0 Å². The third-order valence-corrected chi connectivity index (χ3v) is 3.20. The Morgan fingerprint density at radius 3 is 2.47 bits per heavy atom. The Morgan fingerprint density at radius 2 is 1.73 bits per heavy atom. The third-order valence-electron chi connectivity index (χ3n) is 3.20. The first-order chi connectivity index (χ1) is 7.43. The van der Waals surface area contributed by atoms with E-state index in [-0.39, 0.29) is 0 Å². The standard InChI is InChI=1S/C13H28N2/c1-2-9-14-10-5-3-6-11-15-12-7-4-8-13-15/h14H,2-13H2,1H3. The van der Waals surface area contributed by atoms with E-state index >= 15 is 0 Å². The van der Waals surface area contributed by atoms with E-state index < -0.39 is 0 Å². The molecule has 0 unspecified atom stereocenters. The highest BCUT2D eigenvalue weighted by Gasteiger charge is 2.08. The van der Waals surface area contributed by atoms with Crippen LogP contribution in [0, 0.1) is 0 Å². The minimum Gasteiger partial charge on any atom is -0.317 e. The van der Waals surface area contributed by atoms with Gasteiger partial charge in [-0.05, 0) is 64.8 Å². The molecule has 1 saturated heterocycles. The van der Waals surface area contributed by atoms with E-state index in [1.807, 2.05) is 0 Å². The van der Waals surface area contributed by atoms with Gasteiger partial charge in [0.15, 0.2) is 0 Å². The van der Waals surface area contributed by atoms with E-state index in [9.17, 15) is 0 Å². The van der Waals surface area contributed by atoms with Crippen LogP contribution in [0.3, 0.4) is 0 Å². The maximum absolute atomic E-state index is 3.46. The number of hydrogen-bond acceptors (Lipinski definition) is 2. The van der Waals surface area contributed by atoms with E-state index in [4.69, 9.17) is 0 Å². The molecule has 15 heavy (non-hydrogen) atoms. The highest BCUT2D eigenvalue weighted by Crippen LogP contribution is 2.09. The van der Waals surface area contributed by atoms with Crippen molar-refractivity contribution in [1.82, 2.24) is 10.2 Å². The third kappa shape index (κ3) is 6.91. The summed E-state index contributed by atoms with van der Waals surface area (Å²) in [6.07, 6.45) is 9.72. The average molecular weight is 212 g/mol. The summed E-state index contributed by atoms with van der Waals surface area (Å²) in [6, 6.07) is 0. The lowest BCUT2D eigenvalue weighted by atomic mass is 10.1. The smallest absolute Gasteiger partial charge is 0.00187 e. The Balaban J connectivity index is 1.79. The number of piperidine rings is 1. The minimum absolute atomic E-state index is 1.19. The maximum Gasteiger partial charge on any atom is -0.00187 e. The quantitative estimate of drug-likeness (QED) is 0.622. The van der Waals surface area contributed by atoms with Gasteiger partial charge in [0.25, 0.3) is 0 Å². The molecule has 0 amide bonds. The number of likely N-dealkylation sites (tertiary alicyclic amines) is 1. The molecule has 1 aliphatic rings. The summed E-state index contributed by atoms with van der Waals surface area (Å²) in [7, 11) is 0. The average Bonchev–Trinajstić information content (AvgIpc) is 2.29. The molecule has 2 heteroatoms. The fraction of sp³-hybridized carbons (Fsp3) is 1.00. The number of nitrogens with zero attached hydrogens (tertiary/aromatic N) is 1. The van der Waals surface area contributed by atoms with Crippen LogP contribution in [-0.2, 0) is 0 Å². The topological polar surface area (TPSA) is 15.3 Å². The Hall–Kier alpha value is -0.0800. The summed E-state index contributed by atoms with van der Waals surface area (Å²) < 4.78 is 0. The lowest BCUT2D eigenvalue weighted by molar-refractivity contribution is 0.224. The lowest BCUT2D eigenvalue weighted by Gasteiger charge is -2.26. The van der Waals surface area contributed by atoms with Gasteiger partial charge in [-0.25, -0.2) is 0 Å². The van der Waals surface area contributed by atoms with Gasteiger partial charge in [-0.3, -0.25) is 0 Å². The molecule has 1 aliphatic heterocycles. The summed E-state index contributed by atoms with van der Waals surface area (Å²) in [5.41, 5.74) is 0. The zero-order chi connectivity index (χ0) is 10.8. The summed E-state index contributed by atoms with van der Waals surface area (Å²) in [6.45, 7) is 8.68. The number of rotatable bonds is 8. The number of unbranched alkanes of at least 4 members (excludes halogenated alkanes) is 2. The van der Waals surface area contributed by atoms with Crippen molar-refractivity contribution in [2.75, 3.05) is 32.7 Å². The van der Waals surface area contributed by atoms with Crippen molar-refractivity contribution in [3.05, 3.63) is 0 Å². The van der Waals surface area contributed by atoms with Crippen LogP contribution in [0.1, 0.15) is 51.9 Å². The molecule has 1 N–H and O–H groups in total. The fourth-order valence-corrected chi connectivity index (χ4v) is 2.25. The highest BCUT2D eigenvalue weighted by molar-refractivity contribution is 4.64. The van der Waals surface area contributed by atoms with Crippen LogP contribution in [0.15, 0.2) is 0 Å². The SMILES string of the molecule is CCCNCCCCCN1CCCCC1. The van der Waals surface area contributed by atoms with Gasteiger partial charge >= 0.3 is 0 Å². The van der Waals surface area contributed by atoms with Crippen LogP contribution in [0.5, 0.6) is 0 Å². The van der Waals surface area contributed by atoms with Gasteiger partial charge in [0.05, 0.1) is 0 Å². The second-order valence-electron chi connectivity index (χ2n) is 4.71. The lowest BCUT2D eigenvalue weighted by Crippen LogP contribution is -2.30. The van der Waals surface area contributed by atoms with E-state index in [1.165, 1.54) is 77.7 Å². The zero-order valence-electron chi connectivity index (χ0n) is 10.4. The van der Waals surface area contributed by atoms with Crippen molar-refractivity contribution in [3.63, 3.8) is 0 Å². The molecule has 0 atom stereocenters. The second kappa shape index (κ2) is 9.17. The molecule has 2 nitrogen and oxygen atoms in total. The molecular weight excluding hydrogens is 184 g/mol. The first-order valence-corrected chi connectivity index (χ1v) is 6.86. The van der Waals surface area contributed by atoms with E-state index in [2.05, 4.69) is 17.1 Å². The summed E-state index contributed by atoms with van der Waals surface area (Å²) in [4.78, 5) is 2.64. The van der Waals surface area contributed by atoms with Crippen LogP contribution in [0.2, 0.25) is 0 Å². The molecule has 0 radical (unpaired) electrons. The summed E-state index contributed by atoms with van der Waals surface area (Å²) in [5, 5.41) is 3.46. The fourth-order valence-electron chi connectivity index (χ4n) is 2.25. The Morgan fingerprint density at radius 1 is 0.933 bits per heavy atom. The van der Waals surface area contributed by atoms with Crippen LogP contribution in [0.25, 0.3) is 0 Å². The molecule has 90 valence electrons. The van der Waals surface area contributed by atoms with Crippen molar-refractivity contribution < 1.29 is 0 Å². The van der Waals surface area contributed by atoms with Gasteiger partial charge in [-0.2, -0.15) is 0 Å². The van der Waals surface area contributed by atoms with Crippen molar-refractivity contribution in [3.8, 4) is 0 Å². The molecule has 0 bridgehead atoms. The highest BCUT2D eigenvalue weighted by atomic mass is 15.1. The van der Waals surface area contributed by atoms with Crippen LogP contribution >= 0.6 is 0 Å². The largest absolute Gasteiger partial charge is 0.317 e. The molecule has 1 fully saturated rings. The van der Waals surface area contributed by atoms with Crippen molar-refractivity contribution in [2.45, 2.75) is 51.9 Å². The Labute approximate surface area is 95.4 Å². The molecule has 0 saturated carbocycles.